The highest BCUT2D eigenvalue weighted by molar-refractivity contribution is 5.47. The maximum absolute atomic E-state index is 10.2. The first-order valence-electron chi connectivity index (χ1n) is 8.75. The van der Waals surface area contributed by atoms with E-state index in [0.717, 1.165) is 16.7 Å². The summed E-state index contributed by atoms with van der Waals surface area (Å²) in [5.41, 5.74) is 2.24. The number of aliphatic hydroxyl groups excluding tert-OH is 1. The Morgan fingerprint density at radius 3 is 1.42 bits per heavy atom. The molecule has 0 saturated heterocycles. The van der Waals surface area contributed by atoms with Gasteiger partial charge in [0, 0.05) is 7.11 Å². The van der Waals surface area contributed by atoms with Crippen molar-refractivity contribution in [3.8, 4) is 0 Å². The maximum atomic E-state index is 10.2. The monoisotopic (exact) mass is 348 g/mol. The highest BCUT2D eigenvalue weighted by Gasteiger charge is 2.37. The van der Waals surface area contributed by atoms with Gasteiger partial charge in [0.2, 0.25) is 0 Å². The Morgan fingerprint density at radius 1 is 0.692 bits per heavy atom. The molecule has 1 atom stereocenters. The number of hydrogen-bond acceptors (Lipinski definition) is 3. The Balaban J connectivity index is 2.15. The molecule has 0 saturated carbocycles. The number of rotatable bonds is 8. The van der Waals surface area contributed by atoms with Gasteiger partial charge in [-0.05, 0) is 16.7 Å². The van der Waals surface area contributed by atoms with Gasteiger partial charge in [0.15, 0.2) is 0 Å². The first-order chi connectivity index (χ1) is 12.8. The normalized spacial score (nSPS) is 12.7. The van der Waals surface area contributed by atoms with E-state index in [1.165, 1.54) is 0 Å². The molecule has 134 valence electrons. The molecule has 3 heteroatoms. The third-order valence-electron chi connectivity index (χ3n) is 4.39. The van der Waals surface area contributed by atoms with E-state index < -0.39 is 11.7 Å². The SMILES string of the molecule is COC[C@H](O)COC(c1ccccc1)(c1ccccc1)c1ccccc1. The number of ether oxygens (including phenoxy) is 2. The van der Waals surface area contributed by atoms with Gasteiger partial charge in [-0.2, -0.15) is 0 Å². The molecule has 0 amide bonds. The van der Waals surface area contributed by atoms with E-state index in [4.69, 9.17) is 9.47 Å². The lowest BCUT2D eigenvalue weighted by Gasteiger charge is -2.36. The van der Waals surface area contributed by atoms with Crippen molar-refractivity contribution in [1.82, 2.24) is 0 Å². The minimum atomic E-state index is -0.807. The lowest BCUT2D eigenvalue weighted by molar-refractivity contribution is -0.0579. The average Bonchev–Trinajstić information content (AvgIpc) is 2.71. The zero-order valence-corrected chi connectivity index (χ0v) is 14.9. The topological polar surface area (TPSA) is 38.7 Å². The molecule has 0 heterocycles. The van der Waals surface area contributed by atoms with E-state index in [1.807, 2.05) is 54.6 Å². The van der Waals surface area contributed by atoms with Crippen LogP contribution >= 0.6 is 0 Å². The summed E-state index contributed by atoms with van der Waals surface area (Å²) in [4.78, 5) is 0. The summed E-state index contributed by atoms with van der Waals surface area (Å²) in [5.74, 6) is 0. The Kier molecular flexibility index (Phi) is 6.18. The third-order valence-corrected chi connectivity index (χ3v) is 4.39. The molecule has 0 unspecified atom stereocenters. The Bertz CT molecular complexity index is 676. The first-order valence-corrected chi connectivity index (χ1v) is 8.75. The van der Waals surface area contributed by atoms with Gasteiger partial charge in [0.25, 0.3) is 0 Å². The molecule has 26 heavy (non-hydrogen) atoms. The van der Waals surface area contributed by atoms with E-state index in [1.54, 1.807) is 7.11 Å². The van der Waals surface area contributed by atoms with Crippen LogP contribution in [0.5, 0.6) is 0 Å². The van der Waals surface area contributed by atoms with E-state index in [9.17, 15) is 5.11 Å². The van der Waals surface area contributed by atoms with Crippen LogP contribution in [-0.2, 0) is 15.1 Å². The summed E-state index contributed by atoms with van der Waals surface area (Å²) in [6.07, 6.45) is -0.699. The molecule has 3 rings (SSSR count). The maximum Gasteiger partial charge on any atom is 0.143 e. The predicted molar refractivity (Wildman–Crippen MR) is 103 cm³/mol. The molecular formula is C23H24O3. The largest absolute Gasteiger partial charge is 0.388 e. The van der Waals surface area contributed by atoms with Gasteiger partial charge in [0.1, 0.15) is 11.7 Å². The highest BCUT2D eigenvalue weighted by Crippen LogP contribution is 2.40. The second-order valence-electron chi connectivity index (χ2n) is 6.20. The van der Waals surface area contributed by atoms with Crippen molar-refractivity contribution >= 4 is 0 Å². The molecule has 3 nitrogen and oxygen atoms in total. The van der Waals surface area contributed by atoms with Crippen LogP contribution in [0.4, 0.5) is 0 Å². The second kappa shape index (κ2) is 8.77. The number of aliphatic hydroxyl groups is 1. The van der Waals surface area contributed by atoms with Crippen molar-refractivity contribution in [1.29, 1.82) is 0 Å². The molecule has 1 N–H and O–H groups in total. The minimum Gasteiger partial charge on any atom is -0.388 e. The van der Waals surface area contributed by atoms with Gasteiger partial charge >= 0.3 is 0 Å². The summed E-state index contributed by atoms with van der Waals surface area (Å²) in [6, 6.07) is 30.3. The minimum absolute atomic E-state index is 0.159. The molecule has 3 aromatic carbocycles. The van der Waals surface area contributed by atoms with E-state index in [2.05, 4.69) is 36.4 Å². The molecule has 0 spiro atoms. The fraction of sp³-hybridized carbons (Fsp3) is 0.217. The van der Waals surface area contributed by atoms with Crippen molar-refractivity contribution in [3.63, 3.8) is 0 Å². The lowest BCUT2D eigenvalue weighted by Crippen LogP contribution is -2.36. The molecule has 0 aliphatic rings. The zero-order chi connectivity index (χ0) is 18.2. The van der Waals surface area contributed by atoms with Crippen LogP contribution in [0.2, 0.25) is 0 Å². The quantitative estimate of drug-likeness (QED) is 0.625. The van der Waals surface area contributed by atoms with E-state index in [-0.39, 0.29) is 13.2 Å². The van der Waals surface area contributed by atoms with Crippen LogP contribution < -0.4 is 0 Å². The van der Waals surface area contributed by atoms with Crippen LogP contribution in [0.15, 0.2) is 91.0 Å². The molecule has 0 aliphatic carbocycles. The summed E-state index contributed by atoms with van der Waals surface area (Å²) in [6.45, 7) is 0.390. The Hall–Kier alpha value is -2.46. The summed E-state index contributed by atoms with van der Waals surface area (Å²) in [7, 11) is 1.57. The fourth-order valence-corrected chi connectivity index (χ4v) is 3.23. The lowest BCUT2D eigenvalue weighted by atomic mass is 9.80. The Morgan fingerprint density at radius 2 is 1.08 bits per heavy atom. The van der Waals surface area contributed by atoms with Gasteiger partial charge in [-0.15, -0.1) is 0 Å². The molecule has 0 fully saturated rings. The van der Waals surface area contributed by atoms with Crippen molar-refractivity contribution in [2.45, 2.75) is 11.7 Å². The summed E-state index contributed by atoms with van der Waals surface area (Å²) in [5, 5.41) is 10.2. The second-order valence-corrected chi connectivity index (χ2v) is 6.20. The fourth-order valence-electron chi connectivity index (χ4n) is 3.23. The van der Waals surface area contributed by atoms with Crippen LogP contribution in [0, 0.1) is 0 Å². The zero-order valence-electron chi connectivity index (χ0n) is 14.9. The number of methoxy groups -OCH3 is 1. The van der Waals surface area contributed by atoms with Gasteiger partial charge < -0.3 is 14.6 Å². The summed E-state index contributed by atoms with van der Waals surface area (Å²) < 4.78 is 11.5. The van der Waals surface area contributed by atoms with E-state index >= 15 is 0 Å². The third kappa shape index (κ3) is 3.86. The van der Waals surface area contributed by atoms with Crippen molar-refractivity contribution in [2.24, 2.45) is 0 Å². The van der Waals surface area contributed by atoms with Crippen LogP contribution in [0.25, 0.3) is 0 Å². The van der Waals surface area contributed by atoms with E-state index in [0.29, 0.717) is 0 Å². The predicted octanol–water partition coefficient (Wildman–Crippen LogP) is 4.00. The molecule has 0 aromatic heterocycles. The van der Waals surface area contributed by atoms with Crippen LogP contribution in [0.3, 0.4) is 0 Å². The standard InChI is InChI=1S/C23H24O3/c1-25-17-22(24)18-26-23(19-11-5-2-6-12-19,20-13-7-3-8-14-20)21-15-9-4-10-16-21/h2-16,22,24H,17-18H2,1H3/t22-/m0/s1. The highest BCUT2D eigenvalue weighted by atomic mass is 16.5. The Labute approximate surface area is 154 Å². The van der Waals surface area contributed by atoms with Crippen LogP contribution in [0.1, 0.15) is 16.7 Å². The first kappa shape index (κ1) is 18.3. The van der Waals surface area contributed by atoms with Crippen molar-refractivity contribution in [3.05, 3.63) is 108 Å². The van der Waals surface area contributed by atoms with Crippen molar-refractivity contribution in [2.75, 3.05) is 20.3 Å². The van der Waals surface area contributed by atoms with Gasteiger partial charge in [-0.25, -0.2) is 0 Å². The molecular weight excluding hydrogens is 324 g/mol. The number of benzene rings is 3. The van der Waals surface area contributed by atoms with Gasteiger partial charge in [-0.1, -0.05) is 91.0 Å². The van der Waals surface area contributed by atoms with Crippen molar-refractivity contribution < 1.29 is 14.6 Å². The van der Waals surface area contributed by atoms with Gasteiger partial charge in [-0.3, -0.25) is 0 Å². The smallest absolute Gasteiger partial charge is 0.143 e. The molecule has 0 radical (unpaired) electrons. The average molecular weight is 348 g/mol. The molecule has 0 aliphatic heterocycles. The van der Waals surface area contributed by atoms with Gasteiger partial charge in [0.05, 0.1) is 13.2 Å². The number of hydrogen-bond donors (Lipinski definition) is 1. The van der Waals surface area contributed by atoms with Crippen LogP contribution in [-0.4, -0.2) is 31.5 Å². The summed E-state index contributed by atoms with van der Waals surface area (Å²) >= 11 is 0. The molecule has 0 bridgehead atoms. The molecule has 3 aromatic rings.